The third kappa shape index (κ3) is 4.18. The monoisotopic (exact) mass is 105 g/mol. The Labute approximate surface area is 42.5 Å². The van der Waals surface area contributed by atoms with Gasteiger partial charge < -0.3 is 5.73 Å². The molecule has 0 unspecified atom stereocenters. The van der Waals surface area contributed by atoms with Gasteiger partial charge in [0.25, 0.3) is 0 Å². The largest absolute Gasteiger partial charge is 0.304 e. The van der Waals surface area contributed by atoms with E-state index < -0.39 is 0 Å². The van der Waals surface area contributed by atoms with Gasteiger partial charge in [0.15, 0.2) is 0 Å². The molecule has 0 atom stereocenters. The summed E-state index contributed by atoms with van der Waals surface area (Å²) in [5.74, 6) is 0. The van der Waals surface area contributed by atoms with Crippen LogP contribution in [0.4, 0.5) is 0 Å². The van der Waals surface area contributed by atoms with E-state index in [-0.39, 0.29) is 0 Å². The second-order valence-electron chi connectivity index (χ2n) is 1.39. The van der Waals surface area contributed by atoms with Crippen molar-refractivity contribution in [1.82, 2.24) is 0 Å². The maximum absolute atomic E-state index is 5.09. The molecule has 0 aliphatic heterocycles. The summed E-state index contributed by atoms with van der Waals surface area (Å²) in [5, 5.41) is 0.690. The summed E-state index contributed by atoms with van der Waals surface area (Å²) in [6.07, 6.45) is 0. The van der Waals surface area contributed by atoms with Crippen molar-refractivity contribution in [3.8, 4) is 0 Å². The van der Waals surface area contributed by atoms with Gasteiger partial charge in [0.05, 0.1) is 0 Å². The summed E-state index contributed by atoms with van der Waals surface area (Å²) in [6.45, 7) is 4.26. The van der Waals surface area contributed by atoms with Crippen LogP contribution in [-0.4, -0.2) is 10.7 Å². The molecule has 6 heavy (non-hydrogen) atoms. The summed E-state index contributed by atoms with van der Waals surface area (Å²) >= 11 is 1.23. The first-order valence-electron chi connectivity index (χ1n) is 2.00. The van der Waals surface area contributed by atoms with Crippen molar-refractivity contribution in [2.45, 2.75) is 19.1 Å². The lowest BCUT2D eigenvalue weighted by Gasteiger charge is -1.88. The van der Waals surface area contributed by atoms with Crippen LogP contribution < -0.4 is 5.73 Å². The zero-order valence-electron chi connectivity index (χ0n) is 4.18. The molecule has 0 aromatic rings. The molecule has 0 radical (unpaired) electrons. The average molecular weight is 105 g/mol. The molecule has 1 nitrogen and oxygen atoms in total. The van der Waals surface area contributed by atoms with Crippen LogP contribution in [0.2, 0.25) is 0 Å². The van der Waals surface area contributed by atoms with Crippen molar-refractivity contribution < 1.29 is 0 Å². The highest BCUT2D eigenvalue weighted by Gasteiger charge is 1.75. The molecule has 2 heteroatoms. The predicted octanol–water partition coefficient (Wildman–Crippen LogP) is 0.579. The number of thiol groups is 1. The highest BCUT2D eigenvalue weighted by Crippen LogP contribution is 1.92. The Bertz CT molecular complexity index is 49.5. The number of hydrogen-bond acceptors (Lipinski definition) is 0. The van der Waals surface area contributed by atoms with E-state index in [2.05, 4.69) is 13.8 Å². The van der Waals surface area contributed by atoms with Gasteiger partial charge in [-0.15, -0.1) is 0 Å². The zero-order valence-corrected chi connectivity index (χ0v) is 5.07. The van der Waals surface area contributed by atoms with Crippen molar-refractivity contribution >= 4 is 16.8 Å². The van der Waals surface area contributed by atoms with E-state index in [1.807, 2.05) is 0 Å². The fourth-order valence-corrected chi connectivity index (χ4v) is 0.516. The topological polar surface area (TPSA) is 26.0 Å². The van der Waals surface area contributed by atoms with Crippen molar-refractivity contribution in [1.29, 1.82) is 0 Å². The summed E-state index contributed by atoms with van der Waals surface area (Å²) < 4.78 is 0. The van der Waals surface area contributed by atoms with Crippen molar-refractivity contribution in [3.05, 3.63) is 0 Å². The Balaban J connectivity index is 3.03. The van der Waals surface area contributed by atoms with E-state index in [0.717, 1.165) is 0 Å². The molecule has 0 aromatic heterocycles. The zero-order chi connectivity index (χ0) is 4.99. The van der Waals surface area contributed by atoms with Gasteiger partial charge in [-0.25, -0.2) is 0 Å². The third-order valence-corrected chi connectivity index (χ3v) is 1.15. The standard InChI is InChI=1S/C4H11NS/c1-4(2)6-3-5/h3-4,6H,5H2,1-2H3. The number of rotatable bonds is 1. The SMILES string of the molecule is CC(C)[SH]=CN. The molecule has 0 saturated carbocycles. The molecule has 0 heterocycles. The van der Waals surface area contributed by atoms with Gasteiger partial charge in [0.1, 0.15) is 0 Å². The molecule has 0 aliphatic rings. The molecule has 0 saturated heterocycles. The highest BCUT2D eigenvalue weighted by molar-refractivity contribution is 7.98. The van der Waals surface area contributed by atoms with E-state index in [1.54, 1.807) is 5.49 Å². The molecule has 0 aliphatic carbocycles. The minimum Gasteiger partial charge on any atom is -0.304 e. The van der Waals surface area contributed by atoms with Gasteiger partial charge in [0, 0.05) is 0 Å². The molecule has 0 aromatic carbocycles. The highest BCUT2D eigenvalue weighted by atomic mass is 32.1. The Kier molecular flexibility index (Phi) is 3.47. The number of hydrogen-bond donors (Lipinski definition) is 2. The summed E-state index contributed by atoms with van der Waals surface area (Å²) in [6, 6.07) is 0. The maximum Gasteiger partial charge on any atom is -0.00399 e. The summed E-state index contributed by atoms with van der Waals surface area (Å²) in [7, 11) is 0. The van der Waals surface area contributed by atoms with Crippen LogP contribution in [0.5, 0.6) is 0 Å². The number of nitrogens with two attached hydrogens (primary N) is 1. The van der Waals surface area contributed by atoms with Crippen LogP contribution in [0.25, 0.3) is 0 Å². The van der Waals surface area contributed by atoms with Gasteiger partial charge in [-0.2, -0.15) is 11.4 Å². The minimum absolute atomic E-state index is 0.690. The Morgan fingerprint density at radius 1 is 1.67 bits per heavy atom. The molecular weight excluding hydrogens is 94.1 g/mol. The molecule has 0 bridgehead atoms. The van der Waals surface area contributed by atoms with Crippen LogP contribution in [0.1, 0.15) is 13.8 Å². The molecule has 0 spiro atoms. The Hall–Kier alpha value is 0.180. The van der Waals surface area contributed by atoms with Gasteiger partial charge in [-0.1, -0.05) is 13.8 Å². The summed E-state index contributed by atoms with van der Waals surface area (Å²) in [5.41, 5.74) is 6.76. The van der Waals surface area contributed by atoms with Crippen LogP contribution >= 0.6 is 11.4 Å². The molecular formula is C4H11NS. The van der Waals surface area contributed by atoms with Crippen LogP contribution in [-0.2, 0) is 0 Å². The fraction of sp³-hybridized carbons (Fsp3) is 0.750. The molecule has 0 amide bonds. The second kappa shape index (κ2) is 3.37. The van der Waals surface area contributed by atoms with E-state index in [1.165, 1.54) is 11.4 Å². The van der Waals surface area contributed by atoms with Crippen LogP contribution in [0.3, 0.4) is 0 Å². The smallest absolute Gasteiger partial charge is 0.00399 e. The first kappa shape index (κ1) is 6.18. The molecule has 38 valence electrons. The quantitative estimate of drug-likeness (QED) is 0.370. The Morgan fingerprint density at radius 2 is 2.17 bits per heavy atom. The Morgan fingerprint density at radius 3 is 2.17 bits per heavy atom. The van der Waals surface area contributed by atoms with E-state index >= 15 is 0 Å². The van der Waals surface area contributed by atoms with Gasteiger partial charge in [-0.3, -0.25) is 0 Å². The average Bonchev–Trinajstić information content (AvgIpc) is 1.35. The van der Waals surface area contributed by atoms with Crippen molar-refractivity contribution in [2.75, 3.05) is 0 Å². The van der Waals surface area contributed by atoms with Crippen LogP contribution in [0.15, 0.2) is 0 Å². The molecule has 2 N–H and O–H groups in total. The normalized spacial score (nSPS) is 12.7. The molecule has 0 rings (SSSR count). The van der Waals surface area contributed by atoms with E-state index in [0.29, 0.717) is 5.25 Å². The van der Waals surface area contributed by atoms with Crippen LogP contribution in [0, 0.1) is 0 Å². The van der Waals surface area contributed by atoms with E-state index in [9.17, 15) is 0 Å². The maximum atomic E-state index is 5.09. The van der Waals surface area contributed by atoms with Gasteiger partial charge in [-0.05, 0) is 10.7 Å². The van der Waals surface area contributed by atoms with Crippen molar-refractivity contribution in [2.24, 2.45) is 5.73 Å². The fourth-order valence-electron chi connectivity index (χ4n) is 0.172. The van der Waals surface area contributed by atoms with Gasteiger partial charge in [0.2, 0.25) is 0 Å². The first-order chi connectivity index (χ1) is 2.77. The lowest BCUT2D eigenvalue weighted by molar-refractivity contribution is 1.12. The summed E-state index contributed by atoms with van der Waals surface area (Å²) in [4.78, 5) is 0. The van der Waals surface area contributed by atoms with E-state index in [4.69, 9.17) is 5.73 Å². The molecule has 0 fully saturated rings. The van der Waals surface area contributed by atoms with Gasteiger partial charge >= 0.3 is 0 Å². The lowest BCUT2D eigenvalue weighted by atomic mass is 10.6. The predicted molar refractivity (Wildman–Crippen MR) is 34.4 cm³/mol. The van der Waals surface area contributed by atoms with Crippen molar-refractivity contribution in [3.63, 3.8) is 0 Å². The first-order valence-corrected chi connectivity index (χ1v) is 3.04. The second-order valence-corrected chi connectivity index (χ2v) is 3.02. The third-order valence-electron chi connectivity index (χ3n) is 0.384. The lowest BCUT2D eigenvalue weighted by Crippen LogP contribution is -1.89. The minimum atomic E-state index is 0.690.